The van der Waals surface area contributed by atoms with Crippen LogP contribution >= 0.6 is 11.3 Å². The van der Waals surface area contributed by atoms with Crippen LogP contribution in [0.3, 0.4) is 0 Å². The molecule has 94 valence electrons. The van der Waals surface area contributed by atoms with Gasteiger partial charge in [0.15, 0.2) is 0 Å². The van der Waals surface area contributed by atoms with Gasteiger partial charge in [-0.05, 0) is 28.8 Å². The molecule has 0 saturated carbocycles. The van der Waals surface area contributed by atoms with E-state index in [2.05, 4.69) is 16.0 Å². The minimum absolute atomic E-state index is 0.0651. The molecule has 0 aromatic carbocycles. The number of rotatable bonds is 5. The summed E-state index contributed by atoms with van der Waals surface area (Å²) in [6, 6.07) is 2.04. The predicted molar refractivity (Wildman–Crippen MR) is 68.0 cm³/mol. The molecule has 2 heterocycles. The summed E-state index contributed by atoms with van der Waals surface area (Å²) in [5, 5.41) is 19.6. The van der Waals surface area contributed by atoms with Crippen LogP contribution in [0.15, 0.2) is 16.8 Å². The second kappa shape index (κ2) is 6.14. The standard InChI is InChI=1S/C12H18N2O2S/c15-11-7-13-5-10(11)6-14-12(16)2-1-9-3-4-17-8-9/h3-4,8,10-11,13,15H,1-2,5-7H2,(H,14,16). The summed E-state index contributed by atoms with van der Waals surface area (Å²) in [4.78, 5) is 11.6. The van der Waals surface area contributed by atoms with Crippen LogP contribution in [0.2, 0.25) is 0 Å². The summed E-state index contributed by atoms with van der Waals surface area (Å²) in [5.41, 5.74) is 1.22. The van der Waals surface area contributed by atoms with Crippen LogP contribution in [0.1, 0.15) is 12.0 Å². The molecular weight excluding hydrogens is 236 g/mol. The third-order valence-corrected chi connectivity index (χ3v) is 3.82. The normalized spacial score (nSPS) is 23.8. The zero-order valence-electron chi connectivity index (χ0n) is 9.69. The lowest BCUT2D eigenvalue weighted by Gasteiger charge is -2.13. The van der Waals surface area contributed by atoms with Crippen LogP contribution < -0.4 is 10.6 Å². The van der Waals surface area contributed by atoms with Crippen LogP contribution in [-0.4, -0.2) is 36.8 Å². The lowest BCUT2D eigenvalue weighted by Crippen LogP contribution is -2.34. The van der Waals surface area contributed by atoms with E-state index in [-0.39, 0.29) is 17.9 Å². The molecule has 0 radical (unpaired) electrons. The Morgan fingerprint density at radius 2 is 2.47 bits per heavy atom. The van der Waals surface area contributed by atoms with Gasteiger partial charge in [0.1, 0.15) is 0 Å². The minimum atomic E-state index is -0.327. The van der Waals surface area contributed by atoms with Crippen molar-refractivity contribution in [3.05, 3.63) is 22.4 Å². The van der Waals surface area contributed by atoms with Crippen molar-refractivity contribution in [3.8, 4) is 0 Å². The van der Waals surface area contributed by atoms with Crippen molar-refractivity contribution in [3.63, 3.8) is 0 Å². The first-order chi connectivity index (χ1) is 8.25. The van der Waals surface area contributed by atoms with Crippen molar-refractivity contribution in [2.24, 2.45) is 5.92 Å². The van der Waals surface area contributed by atoms with Crippen molar-refractivity contribution in [1.82, 2.24) is 10.6 Å². The van der Waals surface area contributed by atoms with Crippen LogP contribution in [-0.2, 0) is 11.2 Å². The molecule has 1 saturated heterocycles. The molecule has 2 atom stereocenters. The molecule has 4 nitrogen and oxygen atoms in total. The van der Waals surface area contributed by atoms with E-state index in [0.29, 0.717) is 19.5 Å². The van der Waals surface area contributed by atoms with E-state index in [1.807, 2.05) is 11.4 Å². The third-order valence-electron chi connectivity index (χ3n) is 3.09. The van der Waals surface area contributed by atoms with Gasteiger partial charge in [0.25, 0.3) is 0 Å². The van der Waals surface area contributed by atoms with E-state index in [4.69, 9.17) is 0 Å². The molecular formula is C12H18N2O2S. The summed E-state index contributed by atoms with van der Waals surface area (Å²) in [6.07, 6.45) is 0.987. The molecule has 0 aliphatic carbocycles. The maximum atomic E-state index is 11.6. The van der Waals surface area contributed by atoms with E-state index in [1.54, 1.807) is 11.3 Å². The van der Waals surface area contributed by atoms with E-state index in [9.17, 15) is 9.90 Å². The number of aryl methyl sites for hydroxylation is 1. The molecule has 1 aromatic rings. The number of nitrogens with one attached hydrogen (secondary N) is 2. The highest BCUT2D eigenvalue weighted by molar-refractivity contribution is 7.07. The highest BCUT2D eigenvalue weighted by atomic mass is 32.1. The summed E-state index contributed by atoms with van der Waals surface area (Å²) >= 11 is 1.65. The highest BCUT2D eigenvalue weighted by Gasteiger charge is 2.24. The van der Waals surface area contributed by atoms with Gasteiger partial charge in [0, 0.05) is 32.0 Å². The number of hydrogen-bond acceptors (Lipinski definition) is 4. The topological polar surface area (TPSA) is 61.4 Å². The maximum Gasteiger partial charge on any atom is 0.220 e. The molecule has 1 aliphatic rings. The first-order valence-electron chi connectivity index (χ1n) is 5.92. The number of carbonyl (C=O) groups excluding carboxylic acids is 1. The van der Waals surface area contributed by atoms with E-state index >= 15 is 0 Å². The highest BCUT2D eigenvalue weighted by Crippen LogP contribution is 2.09. The second-order valence-corrected chi connectivity index (χ2v) is 5.20. The number of amides is 1. The molecule has 2 rings (SSSR count). The van der Waals surface area contributed by atoms with Crippen molar-refractivity contribution in [2.75, 3.05) is 19.6 Å². The summed E-state index contributed by atoms with van der Waals surface area (Å²) in [5.74, 6) is 0.218. The average Bonchev–Trinajstić information content (AvgIpc) is 2.95. The molecule has 1 aromatic heterocycles. The van der Waals surface area contributed by atoms with E-state index in [0.717, 1.165) is 13.0 Å². The molecule has 0 bridgehead atoms. The van der Waals surface area contributed by atoms with Crippen LogP contribution in [0.25, 0.3) is 0 Å². The SMILES string of the molecule is O=C(CCc1ccsc1)NCC1CNCC1O. The first kappa shape index (κ1) is 12.5. The Morgan fingerprint density at radius 1 is 1.59 bits per heavy atom. The Balaban J connectivity index is 1.64. The Kier molecular flexibility index (Phi) is 4.53. The Bertz CT molecular complexity index is 353. The van der Waals surface area contributed by atoms with Gasteiger partial charge in [-0.25, -0.2) is 0 Å². The average molecular weight is 254 g/mol. The van der Waals surface area contributed by atoms with Gasteiger partial charge in [-0.15, -0.1) is 0 Å². The molecule has 17 heavy (non-hydrogen) atoms. The third kappa shape index (κ3) is 3.80. The summed E-state index contributed by atoms with van der Waals surface area (Å²) in [6.45, 7) is 1.98. The number of β-amino-alcohol motifs (C(OH)–C–C–N with tert-alkyl or cyclic N) is 1. The number of aliphatic hydroxyl groups is 1. The summed E-state index contributed by atoms with van der Waals surface area (Å²) < 4.78 is 0. The molecule has 0 spiro atoms. The lowest BCUT2D eigenvalue weighted by molar-refractivity contribution is -0.121. The number of aliphatic hydroxyl groups excluding tert-OH is 1. The molecule has 2 unspecified atom stereocenters. The molecule has 3 N–H and O–H groups in total. The van der Waals surface area contributed by atoms with Crippen molar-refractivity contribution >= 4 is 17.2 Å². The maximum absolute atomic E-state index is 11.6. The van der Waals surface area contributed by atoms with Gasteiger partial charge in [0.05, 0.1) is 6.10 Å². The molecule has 1 amide bonds. The second-order valence-electron chi connectivity index (χ2n) is 4.42. The molecule has 5 heteroatoms. The zero-order valence-corrected chi connectivity index (χ0v) is 10.5. The number of hydrogen-bond donors (Lipinski definition) is 3. The Morgan fingerprint density at radius 3 is 3.12 bits per heavy atom. The Hall–Kier alpha value is -0.910. The largest absolute Gasteiger partial charge is 0.391 e. The van der Waals surface area contributed by atoms with Crippen molar-refractivity contribution in [2.45, 2.75) is 18.9 Å². The van der Waals surface area contributed by atoms with Crippen LogP contribution in [0.4, 0.5) is 0 Å². The van der Waals surface area contributed by atoms with Gasteiger partial charge >= 0.3 is 0 Å². The number of carbonyl (C=O) groups is 1. The lowest BCUT2D eigenvalue weighted by atomic mass is 10.1. The first-order valence-corrected chi connectivity index (χ1v) is 6.86. The fourth-order valence-corrected chi connectivity index (χ4v) is 2.66. The van der Waals surface area contributed by atoms with Crippen LogP contribution in [0.5, 0.6) is 0 Å². The van der Waals surface area contributed by atoms with Gasteiger partial charge in [-0.3, -0.25) is 4.79 Å². The van der Waals surface area contributed by atoms with Gasteiger partial charge in [-0.1, -0.05) is 0 Å². The van der Waals surface area contributed by atoms with Gasteiger partial charge in [0.2, 0.25) is 5.91 Å². The van der Waals surface area contributed by atoms with Crippen molar-refractivity contribution in [1.29, 1.82) is 0 Å². The summed E-state index contributed by atoms with van der Waals surface area (Å²) in [7, 11) is 0. The van der Waals surface area contributed by atoms with Gasteiger partial charge < -0.3 is 15.7 Å². The predicted octanol–water partition coefficient (Wildman–Crippen LogP) is 0.377. The number of thiophene rings is 1. The molecule has 1 aliphatic heterocycles. The smallest absolute Gasteiger partial charge is 0.220 e. The van der Waals surface area contributed by atoms with Crippen LogP contribution in [0, 0.1) is 5.92 Å². The van der Waals surface area contributed by atoms with Gasteiger partial charge in [-0.2, -0.15) is 11.3 Å². The zero-order chi connectivity index (χ0) is 12.1. The fourth-order valence-electron chi connectivity index (χ4n) is 1.95. The van der Waals surface area contributed by atoms with E-state index < -0.39 is 0 Å². The Labute approximate surface area is 105 Å². The minimum Gasteiger partial charge on any atom is -0.391 e. The van der Waals surface area contributed by atoms with Crippen molar-refractivity contribution < 1.29 is 9.90 Å². The fraction of sp³-hybridized carbons (Fsp3) is 0.583. The monoisotopic (exact) mass is 254 g/mol. The van der Waals surface area contributed by atoms with E-state index in [1.165, 1.54) is 5.56 Å². The molecule has 1 fully saturated rings. The quantitative estimate of drug-likeness (QED) is 0.712.